The number of nitrogens with one attached hydrogen (secondary N) is 1. The van der Waals surface area contributed by atoms with Crippen LogP contribution in [0.25, 0.3) is 0 Å². The van der Waals surface area contributed by atoms with E-state index in [0.29, 0.717) is 67.0 Å². The van der Waals surface area contributed by atoms with Gasteiger partial charge in [0.1, 0.15) is 5.92 Å². The van der Waals surface area contributed by atoms with Gasteiger partial charge in [-0.05, 0) is 42.3 Å². The van der Waals surface area contributed by atoms with Crippen LogP contribution in [-0.4, -0.2) is 84.8 Å². The Kier molecular flexibility index (Phi) is 8.35. The summed E-state index contributed by atoms with van der Waals surface area (Å²) in [6.45, 7) is 5.84. The van der Waals surface area contributed by atoms with Crippen molar-refractivity contribution in [2.24, 2.45) is 4.99 Å². The summed E-state index contributed by atoms with van der Waals surface area (Å²) in [5.74, 6) is 0.367. The van der Waals surface area contributed by atoms with Crippen LogP contribution in [0, 0.1) is 0 Å². The van der Waals surface area contributed by atoms with Crippen molar-refractivity contribution in [1.82, 2.24) is 4.90 Å². The van der Waals surface area contributed by atoms with Crippen LogP contribution < -0.4 is 19.1 Å². The second-order valence-corrected chi connectivity index (χ2v) is 10.9. The van der Waals surface area contributed by atoms with Crippen LogP contribution in [0.4, 0.5) is 17.1 Å². The van der Waals surface area contributed by atoms with Crippen LogP contribution in [0.2, 0.25) is 0 Å². The Bertz CT molecular complexity index is 1260. The molecule has 10 nitrogen and oxygen atoms in total. The average molecular weight is 531 g/mol. The van der Waals surface area contributed by atoms with E-state index < -0.39 is 15.9 Å². The van der Waals surface area contributed by atoms with Crippen LogP contribution >= 0.6 is 0 Å². The molecule has 37 heavy (non-hydrogen) atoms. The van der Waals surface area contributed by atoms with E-state index in [1.165, 1.54) is 10.6 Å². The van der Waals surface area contributed by atoms with Crippen LogP contribution in [0.5, 0.6) is 11.5 Å². The van der Waals surface area contributed by atoms with Crippen LogP contribution in [0.3, 0.4) is 0 Å². The minimum Gasteiger partial charge on any atom is -0.493 e. The molecule has 2 aromatic carbocycles. The topological polar surface area (TPSA) is 110 Å². The number of morpholine rings is 1. The van der Waals surface area contributed by atoms with E-state index in [9.17, 15) is 13.2 Å². The molecule has 1 amide bonds. The molecule has 0 spiro atoms. The number of aliphatic imine (C=N–C) groups is 1. The molecule has 1 unspecified atom stereocenters. The van der Waals surface area contributed by atoms with Crippen molar-refractivity contribution >= 4 is 38.7 Å². The van der Waals surface area contributed by atoms with Gasteiger partial charge in [-0.2, -0.15) is 0 Å². The van der Waals surface area contributed by atoms with E-state index in [0.717, 1.165) is 18.7 Å². The first-order valence-corrected chi connectivity index (χ1v) is 14.1. The van der Waals surface area contributed by atoms with Gasteiger partial charge in [0.05, 0.1) is 45.1 Å². The average Bonchev–Trinajstić information content (AvgIpc) is 3.21. The summed E-state index contributed by atoms with van der Waals surface area (Å²) >= 11 is 0. The van der Waals surface area contributed by atoms with Crippen LogP contribution in [0.1, 0.15) is 24.8 Å². The number of nitrogens with zero attached hydrogens (tertiary/aromatic N) is 3. The zero-order valence-corrected chi connectivity index (χ0v) is 22.5. The molecule has 2 aliphatic heterocycles. The molecule has 4 rings (SSSR count). The van der Waals surface area contributed by atoms with Gasteiger partial charge in [0.15, 0.2) is 11.5 Å². The maximum absolute atomic E-state index is 12.9. The summed E-state index contributed by atoms with van der Waals surface area (Å²) < 4.78 is 42.6. The van der Waals surface area contributed by atoms with Gasteiger partial charge in [0.2, 0.25) is 15.9 Å². The fourth-order valence-corrected chi connectivity index (χ4v) is 5.59. The van der Waals surface area contributed by atoms with Gasteiger partial charge in [-0.1, -0.05) is 6.92 Å². The number of anilines is 2. The highest BCUT2D eigenvalue weighted by Gasteiger charge is 2.35. The van der Waals surface area contributed by atoms with Crippen LogP contribution in [-0.2, 0) is 19.6 Å². The van der Waals surface area contributed by atoms with E-state index in [4.69, 9.17) is 19.2 Å². The molecule has 2 heterocycles. The maximum atomic E-state index is 12.9. The zero-order chi connectivity index (χ0) is 26.6. The molecule has 1 fully saturated rings. The van der Waals surface area contributed by atoms with Gasteiger partial charge in [0, 0.05) is 43.6 Å². The molecule has 0 aliphatic carbocycles. The maximum Gasteiger partial charge on any atom is 0.237 e. The number of sulfonamides is 1. The second-order valence-electron chi connectivity index (χ2n) is 8.98. The predicted molar refractivity (Wildman–Crippen MR) is 144 cm³/mol. The first-order valence-electron chi connectivity index (χ1n) is 12.3. The molecule has 0 aromatic heterocycles. The van der Waals surface area contributed by atoms with Gasteiger partial charge in [-0.3, -0.25) is 19.0 Å². The van der Waals surface area contributed by atoms with Crippen LogP contribution in [0.15, 0.2) is 41.4 Å². The smallest absolute Gasteiger partial charge is 0.237 e. The van der Waals surface area contributed by atoms with Crippen molar-refractivity contribution < 1.29 is 27.4 Å². The number of methoxy groups -OCH3 is 2. The first kappa shape index (κ1) is 26.9. The zero-order valence-electron chi connectivity index (χ0n) is 21.7. The summed E-state index contributed by atoms with van der Waals surface area (Å²) in [6, 6.07) is 10.6. The van der Waals surface area contributed by atoms with Crippen molar-refractivity contribution in [3.05, 3.63) is 42.0 Å². The van der Waals surface area contributed by atoms with Crippen molar-refractivity contribution in [2.45, 2.75) is 19.3 Å². The number of hydrogen-bond acceptors (Lipinski definition) is 8. The fourth-order valence-electron chi connectivity index (χ4n) is 4.67. The van der Waals surface area contributed by atoms with E-state index >= 15 is 0 Å². The van der Waals surface area contributed by atoms with Gasteiger partial charge in [-0.25, -0.2) is 8.42 Å². The highest BCUT2D eigenvalue weighted by Crippen LogP contribution is 2.42. The lowest BCUT2D eigenvalue weighted by Crippen LogP contribution is -2.42. The molecule has 200 valence electrons. The quantitative estimate of drug-likeness (QED) is 0.470. The SMILES string of the molecule is CCC(=Nc1ccc(N(CCN2CCOCC2)S(C)(=O)=O)cc1)C1C(=O)Nc2cc(OC)c(OC)cc21. The molecule has 0 bridgehead atoms. The number of carbonyl (C=O) groups is 1. The highest BCUT2D eigenvalue weighted by molar-refractivity contribution is 7.92. The molecule has 0 saturated carbocycles. The summed E-state index contributed by atoms with van der Waals surface area (Å²) in [5, 5.41) is 2.92. The van der Waals surface area contributed by atoms with E-state index in [1.807, 2.05) is 13.0 Å². The van der Waals surface area contributed by atoms with Gasteiger partial charge < -0.3 is 19.5 Å². The largest absolute Gasteiger partial charge is 0.493 e. The molecule has 1 saturated heterocycles. The number of hydrogen-bond donors (Lipinski definition) is 1. The lowest BCUT2D eigenvalue weighted by molar-refractivity contribution is -0.115. The number of ether oxygens (including phenoxy) is 3. The summed E-state index contributed by atoms with van der Waals surface area (Å²) in [7, 11) is -0.355. The highest BCUT2D eigenvalue weighted by atomic mass is 32.2. The second kappa shape index (κ2) is 11.5. The Morgan fingerprint density at radius 3 is 2.38 bits per heavy atom. The number of amides is 1. The van der Waals surface area contributed by atoms with Crippen molar-refractivity contribution in [3.8, 4) is 11.5 Å². The Balaban J connectivity index is 1.57. The van der Waals surface area contributed by atoms with Gasteiger partial charge >= 0.3 is 0 Å². The molecule has 1 N–H and O–H groups in total. The lowest BCUT2D eigenvalue weighted by Gasteiger charge is -2.30. The van der Waals surface area contributed by atoms with Crippen molar-refractivity contribution in [1.29, 1.82) is 0 Å². The third kappa shape index (κ3) is 6.06. The standard InChI is InChI=1S/C26H34N4O6S/c1-5-21(25-20-16-23(34-2)24(35-3)17-22(20)28-26(25)31)27-18-6-8-19(9-7-18)30(37(4,32)33)11-10-29-12-14-36-15-13-29/h6-9,16-17,25H,5,10-15H2,1-4H3,(H,28,31). The molecule has 2 aromatic rings. The molecular weight excluding hydrogens is 496 g/mol. The van der Waals surface area contributed by atoms with Crippen molar-refractivity contribution in [2.75, 3.05) is 69.5 Å². The minimum atomic E-state index is -3.46. The summed E-state index contributed by atoms with van der Waals surface area (Å²) in [6.07, 6.45) is 1.77. The van der Waals surface area contributed by atoms with Gasteiger partial charge in [0.25, 0.3) is 0 Å². The Labute approximate surface area is 218 Å². The van der Waals surface area contributed by atoms with E-state index in [-0.39, 0.29) is 5.91 Å². The lowest BCUT2D eigenvalue weighted by atomic mass is 9.93. The normalized spacial score (nSPS) is 18.3. The summed E-state index contributed by atoms with van der Waals surface area (Å²) in [5.41, 5.74) is 3.38. The van der Waals surface area contributed by atoms with E-state index in [2.05, 4.69) is 10.2 Å². The Morgan fingerprint density at radius 2 is 1.78 bits per heavy atom. The monoisotopic (exact) mass is 530 g/mol. The Hall–Kier alpha value is -3.15. The van der Waals surface area contributed by atoms with Gasteiger partial charge in [-0.15, -0.1) is 0 Å². The number of benzene rings is 2. The minimum absolute atomic E-state index is 0.158. The number of rotatable bonds is 10. The first-order chi connectivity index (χ1) is 17.7. The molecule has 11 heteroatoms. The van der Waals surface area contributed by atoms with Crippen molar-refractivity contribution in [3.63, 3.8) is 0 Å². The molecule has 2 aliphatic rings. The third-order valence-corrected chi connectivity index (χ3v) is 7.81. The summed E-state index contributed by atoms with van der Waals surface area (Å²) in [4.78, 5) is 19.9. The fraction of sp³-hybridized carbons (Fsp3) is 0.462. The predicted octanol–water partition coefficient (Wildman–Crippen LogP) is 3.02. The third-order valence-electron chi connectivity index (χ3n) is 6.62. The Morgan fingerprint density at radius 1 is 1.14 bits per heavy atom. The molecule has 1 atom stereocenters. The molecular formula is C26H34N4O6S. The molecule has 0 radical (unpaired) electrons. The number of carbonyl (C=O) groups excluding carboxylic acids is 1. The number of fused-ring (bicyclic) bond motifs is 1. The van der Waals surface area contributed by atoms with E-state index in [1.54, 1.807) is 44.6 Å².